The molecule has 17 heavy (non-hydrogen) atoms. The lowest BCUT2D eigenvalue weighted by Gasteiger charge is -2.16. The molecule has 0 amide bonds. The van der Waals surface area contributed by atoms with Crippen molar-refractivity contribution in [1.82, 2.24) is 0 Å². The van der Waals surface area contributed by atoms with Crippen LogP contribution in [0.15, 0.2) is 48.5 Å². The van der Waals surface area contributed by atoms with Crippen molar-refractivity contribution in [1.29, 1.82) is 0 Å². The third-order valence-corrected chi connectivity index (χ3v) is 3.23. The van der Waals surface area contributed by atoms with Crippen molar-refractivity contribution in [3.63, 3.8) is 0 Å². The lowest BCUT2D eigenvalue weighted by Crippen LogP contribution is -2.00. The van der Waals surface area contributed by atoms with E-state index in [0.717, 1.165) is 6.42 Å². The summed E-state index contributed by atoms with van der Waals surface area (Å²) in [4.78, 5) is 0. The average Bonchev–Trinajstić information content (AvgIpc) is 2.30. The first-order valence-electron chi connectivity index (χ1n) is 6.31. The first kappa shape index (κ1) is 11.9. The van der Waals surface area contributed by atoms with Gasteiger partial charge in [-0.3, -0.25) is 0 Å². The van der Waals surface area contributed by atoms with E-state index in [9.17, 15) is 0 Å². The van der Waals surface area contributed by atoms with Crippen LogP contribution in [-0.4, -0.2) is 0 Å². The number of rotatable bonds is 3. The van der Waals surface area contributed by atoms with Crippen molar-refractivity contribution < 1.29 is 0 Å². The molecule has 0 saturated heterocycles. The van der Waals surface area contributed by atoms with Crippen LogP contribution in [0.4, 0.5) is 0 Å². The van der Waals surface area contributed by atoms with Crippen molar-refractivity contribution in [2.24, 2.45) is 0 Å². The van der Waals surface area contributed by atoms with Gasteiger partial charge in [0.05, 0.1) is 0 Å². The van der Waals surface area contributed by atoms with Gasteiger partial charge < -0.3 is 0 Å². The number of hydrogen-bond donors (Lipinski definition) is 0. The highest BCUT2D eigenvalue weighted by Gasteiger charge is 2.09. The number of benzene rings is 2. The summed E-state index contributed by atoms with van der Waals surface area (Å²) >= 11 is 0. The van der Waals surface area contributed by atoms with Gasteiger partial charge in [-0.1, -0.05) is 62.4 Å². The van der Waals surface area contributed by atoms with Gasteiger partial charge in [0.1, 0.15) is 0 Å². The summed E-state index contributed by atoms with van der Waals surface area (Å²) in [6.45, 7) is 6.76. The Labute approximate surface area is 104 Å². The van der Waals surface area contributed by atoms with Crippen LogP contribution >= 0.6 is 0 Å². The molecule has 0 spiro atoms. The average molecular weight is 224 g/mol. The predicted octanol–water partition coefficient (Wildman–Crippen LogP) is 4.71. The standard InChI is InChI=1S/C17H20/c1-13(2)17-14(3)8-7-11-16(17)12-15-9-5-4-6-10-15/h4-11,13H,12H2,1-3H3. The van der Waals surface area contributed by atoms with Gasteiger partial charge in [-0.25, -0.2) is 0 Å². The highest BCUT2D eigenvalue weighted by Crippen LogP contribution is 2.25. The Bertz CT molecular complexity index is 481. The number of hydrogen-bond acceptors (Lipinski definition) is 0. The zero-order chi connectivity index (χ0) is 12.3. The van der Waals surface area contributed by atoms with Crippen LogP contribution in [0.1, 0.15) is 42.0 Å². The third kappa shape index (κ3) is 2.76. The van der Waals surface area contributed by atoms with E-state index in [-0.39, 0.29) is 0 Å². The van der Waals surface area contributed by atoms with E-state index >= 15 is 0 Å². The minimum atomic E-state index is 0.593. The molecule has 0 atom stereocenters. The SMILES string of the molecule is Cc1cccc(Cc2ccccc2)c1C(C)C. The van der Waals surface area contributed by atoms with Crippen molar-refractivity contribution in [2.45, 2.75) is 33.1 Å². The van der Waals surface area contributed by atoms with Crippen LogP contribution in [0.5, 0.6) is 0 Å². The van der Waals surface area contributed by atoms with E-state index < -0.39 is 0 Å². The second kappa shape index (κ2) is 5.18. The van der Waals surface area contributed by atoms with Gasteiger partial charge in [0.15, 0.2) is 0 Å². The highest BCUT2D eigenvalue weighted by molar-refractivity contribution is 5.39. The van der Waals surface area contributed by atoms with Gasteiger partial charge in [0, 0.05) is 0 Å². The fraction of sp³-hybridized carbons (Fsp3) is 0.294. The largest absolute Gasteiger partial charge is 0.0622 e. The summed E-state index contributed by atoms with van der Waals surface area (Å²) < 4.78 is 0. The fourth-order valence-electron chi connectivity index (χ4n) is 2.54. The maximum Gasteiger partial charge on any atom is -0.00228 e. The van der Waals surface area contributed by atoms with Crippen molar-refractivity contribution in [3.05, 3.63) is 70.8 Å². The molecule has 0 N–H and O–H groups in total. The molecule has 0 saturated carbocycles. The van der Waals surface area contributed by atoms with Crippen LogP contribution < -0.4 is 0 Å². The summed E-state index contributed by atoms with van der Waals surface area (Å²) in [5.41, 5.74) is 5.77. The quantitative estimate of drug-likeness (QED) is 0.708. The van der Waals surface area contributed by atoms with Crippen LogP contribution in [0, 0.1) is 6.92 Å². The maximum atomic E-state index is 2.27. The molecule has 0 heteroatoms. The molecule has 2 rings (SSSR count). The second-order valence-electron chi connectivity index (χ2n) is 4.96. The minimum absolute atomic E-state index is 0.593. The van der Waals surface area contributed by atoms with Gasteiger partial charge >= 0.3 is 0 Å². The summed E-state index contributed by atoms with van der Waals surface area (Å²) in [5.74, 6) is 0.593. The third-order valence-electron chi connectivity index (χ3n) is 3.23. The Morgan fingerprint density at radius 3 is 2.24 bits per heavy atom. The Balaban J connectivity index is 2.36. The molecule has 0 unspecified atom stereocenters. The van der Waals surface area contributed by atoms with Crippen LogP contribution in [-0.2, 0) is 6.42 Å². The minimum Gasteiger partial charge on any atom is -0.0622 e. The number of aryl methyl sites for hydroxylation is 1. The van der Waals surface area contributed by atoms with Crippen LogP contribution in [0.2, 0.25) is 0 Å². The van der Waals surface area contributed by atoms with E-state index in [4.69, 9.17) is 0 Å². The fourth-order valence-corrected chi connectivity index (χ4v) is 2.54. The van der Waals surface area contributed by atoms with E-state index in [1.807, 2.05) is 0 Å². The molecule has 0 heterocycles. The maximum absolute atomic E-state index is 2.27. The summed E-state index contributed by atoms with van der Waals surface area (Å²) in [7, 11) is 0. The van der Waals surface area contributed by atoms with Gasteiger partial charge in [-0.05, 0) is 41.5 Å². The van der Waals surface area contributed by atoms with Gasteiger partial charge in [-0.2, -0.15) is 0 Å². The lowest BCUT2D eigenvalue weighted by atomic mass is 9.89. The molecular formula is C17H20. The molecule has 2 aromatic rings. The molecule has 0 aliphatic rings. The first-order valence-corrected chi connectivity index (χ1v) is 6.31. The van der Waals surface area contributed by atoms with Crippen LogP contribution in [0.25, 0.3) is 0 Å². The second-order valence-corrected chi connectivity index (χ2v) is 4.96. The summed E-state index contributed by atoms with van der Waals surface area (Å²) in [5, 5.41) is 0. The molecule has 0 nitrogen and oxygen atoms in total. The molecule has 0 aliphatic heterocycles. The first-order chi connectivity index (χ1) is 8.18. The van der Waals surface area contributed by atoms with E-state index in [0.29, 0.717) is 5.92 Å². The Morgan fingerprint density at radius 1 is 0.882 bits per heavy atom. The topological polar surface area (TPSA) is 0 Å². The summed E-state index contributed by atoms with van der Waals surface area (Å²) in [6.07, 6.45) is 1.04. The molecule has 0 aromatic heterocycles. The summed E-state index contributed by atoms with van der Waals surface area (Å²) in [6, 6.07) is 17.3. The van der Waals surface area contributed by atoms with E-state index in [1.54, 1.807) is 0 Å². The van der Waals surface area contributed by atoms with Crippen molar-refractivity contribution >= 4 is 0 Å². The van der Waals surface area contributed by atoms with Crippen molar-refractivity contribution in [2.75, 3.05) is 0 Å². The smallest absolute Gasteiger partial charge is 0.00228 e. The Morgan fingerprint density at radius 2 is 1.59 bits per heavy atom. The molecule has 0 radical (unpaired) electrons. The van der Waals surface area contributed by atoms with E-state index in [1.165, 1.54) is 22.3 Å². The normalized spacial score (nSPS) is 10.8. The molecule has 2 aromatic carbocycles. The van der Waals surface area contributed by atoms with Crippen LogP contribution in [0.3, 0.4) is 0 Å². The highest BCUT2D eigenvalue weighted by atomic mass is 14.1. The molecule has 0 fully saturated rings. The zero-order valence-electron chi connectivity index (χ0n) is 10.9. The predicted molar refractivity (Wildman–Crippen MR) is 74.5 cm³/mol. The zero-order valence-corrected chi connectivity index (χ0v) is 10.9. The lowest BCUT2D eigenvalue weighted by molar-refractivity contribution is 0.838. The van der Waals surface area contributed by atoms with Gasteiger partial charge in [-0.15, -0.1) is 0 Å². The monoisotopic (exact) mass is 224 g/mol. The molecule has 88 valence electrons. The molecule has 0 aliphatic carbocycles. The Hall–Kier alpha value is -1.56. The van der Waals surface area contributed by atoms with Gasteiger partial charge in [0.25, 0.3) is 0 Å². The van der Waals surface area contributed by atoms with Gasteiger partial charge in [0.2, 0.25) is 0 Å². The Kier molecular flexibility index (Phi) is 3.63. The van der Waals surface area contributed by atoms with Crippen molar-refractivity contribution in [3.8, 4) is 0 Å². The molecular weight excluding hydrogens is 204 g/mol. The van der Waals surface area contributed by atoms with E-state index in [2.05, 4.69) is 69.3 Å². The molecule has 0 bridgehead atoms.